The van der Waals surface area contributed by atoms with E-state index < -0.39 is 0 Å². The number of aliphatic imine (C=N–C) groups is 1. The molecule has 0 saturated heterocycles. The van der Waals surface area contributed by atoms with Gasteiger partial charge in [-0.15, -0.1) is 0 Å². The summed E-state index contributed by atoms with van der Waals surface area (Å²) in [5.41, 5.74) is 3.11. The average molecular weight is 361 g/mol. The normalized spacial score (nSPS) is 16.4. The van der Waals surface area contributed by atoms with Gasteiger partial charge in [-0.05, 0) is 29.3 Å². The van der Waals surface area contributed by atoms with Crippen LogP contribution in [0.1, 0.15) is 17.2 Å². The van der Waals surface area contributed by atoms with Crippen molar-refractivity contribution >= 4 is 28.8 Å². The van der Waals surface area contributed by atoms with Crippen molar-refractivity contribution in [2.45, 2.75) is 6.04 Å². The predicted molar refractivity (Wildman–Crippen MR) is 104 cm³/mol. The summed E-state index contributed by atoms with van der Waals surface area (Å²) in [5.74, 6) is 0.0464. The van der Waals surface area contributed by atoms with Gasteiger partial charge in [-0.1, -0.05) is 36.4 Å². The largest absolute Gasteiger partial charge is 0.394 e. The molecule has 0 bridgehead atoms. The van der Waals surface area contributed by atoms with Gasteiger partial charge in [-0.2, -0.15) is 5.10 Å². The van der Waals surface area contributed by atoms with Crippen LogP contribution in [0.15, 0.2) is 65.4 Å². The second-order valence-electron chi connectivity index (χ2n) is 6.32. The van der Waals surface area contributed by atoms with Gasteiger partial charge < -0.3 is 10.4 Å². The highest BCUT2D eigenvalue weighted by Gasteiger charge is 2.22. The summed E-state index contributed by atoms with van der Waals surface area (Å²) < 4.78 is 1.80. The van der Waals surface area contributed by atoms with Crippen molar-refractivity contribution in [2.24, 2.45) is 12.0 Å². The van der Waals surface area contributed by atoms with E-state index in [4.69, 9.17) is 0 Å². The van der Waals surface area contributed by atoms with Crippen LogP contribution in [0.3, 0.4) is 0 Å². The lowest BCUT2D eigenvalue weighted by atomic mass is 10.1. The van der Waals surface area contributed by atoms with Crippen LogP contribution in [0.25, 0.3) is 17.0 Å². The summed E-state index contributed by atoms with van der Waals surface area (Å²) in [5, 5.41) is 20.7. The maximum Gasteiger partial charge on any atom is 0.276 e. The van der Waals surface area contributed by atoms with E-state index in [-0.39, 0.29) is 18.6 Å². The molecular formula is C20H19N5O2. The van der Waals surface area contributed by atoms with E-state index in [1.165, 1.54) is 0 Å². The number of benzene rings is 2. The van der Waals surface area contributed by atoms with Crippen molar-refractivity contribution in [3.63, 3.8) is 0 Å². The zero-order valence-electron chi connectivity index (χ0n) is 14.8. The number of amides is 1. The maximum absolute atomic E-state index is 12.3. The van der Waals surface area contributed by atoms with Gasteiger partial charge in [-0.25, -0.2) is 4.99 Å². The van der Waals surface area contributed by atoms with Gasteiger partial charge in [-0.3, -0.25) is 14.8 Å². The van der Waals surface area contributed by atoms with Gasteiger partial charge in [0, 0.05) is 12.4 Å². The number of guanidine groups is 1. The molecule has 7 nitrogen and oxygen atoms in total. The molecule has 0 unspecified atom stereocenters. The summed E-state index contributed by atoms with van der Waals surface area (Å²) >= 11 is 0. The number of nitrogens with one attached hydrogen (secondary N) is 2. The molecule has 0 radical (unpaired) electrons. The molecule has 1 aliphatic rings. The van der Waals surface area contributed by atoms with Crippen LogP contribution in [0, 0.1) is 0 Å². The van der Waals surface area contributed by atoms with Gasteiger partial charge in [0.05, 0.1) is 24.4 Å². The van der Waals surface area contributed by atoms with Crippen LogP contribution >= 0.6 is 0 Å². The first-order valence-electron chi connectivity index (χ1n) is 8.60. The summed E-state index contributed by atoms with van der Waals surface area (Å²) in [4.78, 5) is 16.6. The molecule has 4 rings (SSSR count). The number of hydrogen-bond acceptors (Lipinski definition) is 5. The molecule has 2 heterocycles. The Hall–Kier alpha value is -3.45. The van der Waals surface area contributed by atoms with Crippen molar-refractivity contribution in [3.8, 4) is 0 Å². The number of aliphatic hydroxyl groups excluding tert-OH is 1. The fraction of sp³-hybridized carbons (Fsp3) is 0.150. The Kier molecular flexibility index (Phi) is 4.43. The van der Waals surface area contributed by atoms with Gasteiger partial charge >= 0.3 is 0 Å². The number of hydrogen-bond donors (Lipinski definition) is 3. The first kappa shape index (κ1) is 17.0. The fourth-order valence-electron chi connectivity index (χ4n) is 3.05. The van der Waals surface area contributed by atoms with E-state index in [1.807, 2.05) is 55.6 Å². The number of carbonyl (C=O) groups excluding carboxylic acids is 1. The molecule has 1 aromatic heterocycles. The Morgan fingerprint density at radius 3 is 2.85 bits per heavy atom. The highest BCUT2D eigenvalue weighted by Crippen LogP contribution is 2.19. The van der Waals surface area contributed by atoms with E-state index in [0.29, 0.717) is 11.7 Å². The lowest BCUT2D eigenvalue weighted by Gasteiger charge is -2.17. The van der Waals surface area contributed by atoms with Crippen molar-refractivity contribution in [1.29, 1.82) is 0 Å². The van der Waals surface area contributed by atoms with E-state index in [2.05, 4.69) is 20.7 Å². The van der Waals surface area contributed by atoms with Crippen LogP contribution < -0.4 is 10.6 Å². The van der Waals surface area contributed by atoms with Crippen LogP contribution in [0.5, 0.6) is 0 Å². The topological polar surface area (TPSA) is 91.5 Å². The highest BCUT2D eigenvalue weighted by atomic mass is 16.3. The Morgan fingerprint density at radius 2 is 2.07 bits per heavy atom. The standard InChI is InChI=1S/C20H19N5O2/c1-25-18-8-7-13(9-15(18)11-21-25)10-16-19(27)24-20(22-16)23-17(12-26)14-5-3-2-4-6-14/h2-11,17,26H,12H2,1H3,(H2,22,23,24,27)/b16-10-/t17-/m1/s1. The minimum absolute atomic E-state index is 0.115. The number of fused-ring (bicyclic) bond motifs is 1. The molecule has 7 heteroatoms. The molecule has 3 aromatic rings. The molecule has 27 heavy (non-hydrogen) atoms. The summed E-state index contributed by atoms with van der Waals surface area (Å²) in [6.45, 7) is -0.115. The van der Waals surface area contributed by atoms with Crippen LogP contribution in [0.2, 0.25) is 0 Å². The molecule has 1 aliphatic heterocycles. The number of aromatic nitrogens is 2. The third-order valence-corrected chi connectivity index (χ3v) is 4.47. The van der Waals surface area contributed by atoms with E-state index >= 15 is 0 Å². The molecule has 0 spiro atoms. The van der Waals surface area contributed by atoms with Crippen molar-refractivity contribution in [2.75, 3.05) is 6.61 Å². The predicted octanol–water partition coefficient (Wildman–Crippen LogP) is 1.72. The Bertz CT molecular complexity index is 1050. The van der Waals surface area contributed by atoms with Crippen molar-refractivity contribution < 1.29 is 9.90 Å². The van der Waals surface area contributed by atoms with Crippen LogP contribution in [-0.4, -0.2) is 33.4 Å². The molecule has 3 N–H and O–H groups in total. The van der Waals surface area contributed by atoms with Crippen molar-refractivity contribution in [3.05, 3.63) is 71.6 Å². The second kappa shape index (κ2) is 7.05. The fourth-order valence-corrected chi connectivity index (χ4v) is 3.05. The van der Waals surface area contributed by atoms with Gasteiger partial charge in [0.1, 0.15) is 5.70 Å². The summed E-state index contributed by atoms with van der Waals surface area (Å²) in [6, 6.07) is 15.0. The van der Waals surface area contributed by atoms with Crippen LogP contribution in [0.4, 0.5) is 0 Å². The molecule has 0 aliphatic carbocycles. The van der Waals surface area contributed by atoms with Gasteiger partial charge in [0.15, 0.2) is 0 Å². The van der Waals surface area contributed by atoms with Gasteiger partial charge in [0.2, 0.25) is 5.96 Å². The first-order valence-corrected chi connectivity index (χ1v) is 8.60. The number of nitrogens with zero attached hydrogens (tertiary/aromatic N) is 3. The molecule has 2 aromatic carbocycles. The van der Waals surface area contributed by atoms with Crippen LogP contribution in [-0.2, 0) is 11.8 Å². The molecule has 1 atom stereocenters. The summed E-state index contributed by atoms with van der Waals surface area (Å²) in [7, 11) is 1.89. The quantitative estimate of drug-likeness (QED) is 0.617. The monoisotopic (exact) mass is 361 g/mol. The summed E-state index contributed by atoms with van der Waals surface area (Å²) in [6.07, 6.45) is 3.51. The third kappa shape index (κ3) is 3.45. The average Bonchev–Trinajstić information content (AvgIpc) is 3.23. The zero-order valence-corrected chi connectivity index (χ0v) is 14.8. The van der Waals surface area contributed by atoms with Crippen molar-refractivity contribution in [1.82, 2.24) is 20.4 Å². The Balaban J connectivity index is 1.57. The number of aryl methyl sites for hydroxylation is 1. The van der Waals surface area contributed by atoms with E-state index in [1.54, 1.807) is 17.0 Å². The van der Waals surface area contributed by atoms with E-state index in [0.717, 1.165) is 22.0 Å². The SMILES string of the molecule is Cn1ncc2cc(/C=C3\N=C(N[C@H](CO)c4ccccc4)NC3=O)ccc21. The van der Waals surface area contributed by atoms with E-state index in [9.17, 15) is 9.90 Å². The Morgan fingerprint density at radius 1 is 1.26 bits per heavy atom. The third-order valence-electron chi connectivity index (χ3n) is 4.47. The maximum atomic E-state index is 12.3. The lowest BCUT2D eigenvalue weighted by Crippen LogP contribution is -2.39. The minimum atomic E-state index is -0.351. The minimum Gasteiger partial charge on any atom is -0.394 e. The Labute approximate surface area is 156 Å². The first-order chi connectivity index (χ1) is 13.1. The molecular weight excluding hydrogens is 342 g/mol. The molecule has 0 fully saturated rings. The highest BCUT2D eigenvalue weighted by molar-refractivity contribution is 6.13. The number of carbonyl (C=O) groups is 1. The van der Waals surface area contributed by atoms with Gasteiger partial charge in [0.25, 0.3) is 5.91 Å². The number of rotatable bonds is 4. The molecule has 0 saturated carbocycles. The zero-order chi connectivity index (χ0) is 18.8. The molecule has 136 valence electrons. The second-order valence-corrected chi connectivity index (χ2v) is 6.32. The molecule has 1 amide bonds. The lowest BCUT2D eigenvalue weighted by molar-refractivity contribution is -0.115. The number of aliphatic hydroxyl groups is 1. The smallest absolute Gasteiger partial charge is 0.276 e.